The van der Waals surface area contributed by atoms with Crippen molar-refractivity contribution in [1.82, 2.24) is 0 Å². The van der Waals surface area contributed by atoms with E-state index in [-0.39, 0.29) is 24.9 Å². The number of halogens is 1. The summed E-state index contributed by atoms with van der Waals surface area (Å²) in [6.45, 7) is 1.91. The van der Waals surface area contributed by atoms with Crippen LogP contribution in [0.5, 0.6) is 0 Å². The number of thioether (sulfide) groups is 1. The Balaban J connectivity index is 2.62. The Morgan fingerprint density at radius 1 is 1.33 bits per heavy atom. The maximum absolute atomic E-state index is 13.3. The van der Waals surface area contributed by atoms with E-state index in [9.17, 15) is 4.39 Å². The smallest absolute Gasteiger partial charge is 0.124 e. The highest BCUT2D eigenvalue weighted by Crippen LogP contribution is 2.17. The molecule has 1 rings (SSSR count). The lowest BCUT2D eigenvalue weighted by Gasteiger charge is -2.07. The maximum atomic E-state index is 13.3. The zero-order valence-corrected chi connectivity index (χ0v) is 11.1. The summed E-state index contributed by atoms with van der Waals surface area (Å²) in [5.41, 5.74) is 1.45. The summed E-state index contributed by atoms with van der Waals surface area (Å²) in [6.07, 6.45) is 0. The molecule has 0 heterocycles. The third-order valence-corrected chi connectivity index (χ3v) is 3.59. The summed E-state index contributed by atoms with van der Waals surface area (Å²) >= 11 is 1.66. The molecule has 4 heteroatoms. The fourth-order valence-corrected chi connectivity index (χ4v) is 2.41. The first-order chi connectivity index (χ1) is 8.65. The highest BCUT2D eigenvalue weighted by molar-refractivity contribution is 7.98. The quantitative estimate of drug-likeness (QED) is 0.803. The van der Waals surface area contributed by atoms with Crippen LogP contribution < -0.4 is 0 Å². The molecule has 0 aliphatic rings. The van der Waals surface area contributed by atoms with Crippen molar-refractivity contribution in [2.45, 2.75) is 12.7 Å². The van der Waals surface area contributed by atoms with E-state index in [0.29, 0.717) is 11.3 Å². The molecule has 18 heavy (non-hydrogen) atoms. The van der Waals surface area contributed by atoms with Crippen LogP contribution in [0.2, 0.25) is 0 Å². The van der Waals surface area contributed by atoms with Crippen molar-refractivity contribution in [3.05, 3.63) is 35.1 Å². The summed E-state index contributed by atoms with van der Waals surface area (Å²) in [7, 11) is 0. The first kappa shape index (κ1) is 15.0. The minimum Gasteiger partial charge on any atom is -0.396 e. The fourth-order valence-electron chi connectivity index (χ4n) is 1.38. The van der Waals surface area contributed by atoms with E-state index < -0.39 is 0 Å². The summed E-state index contributed by atoms with van der Waals surface area (Å²) in [4.78, 5) is 0. The van der Waals surface area contributed by atoms with Crippen LogP contribution in [-0.4, -0.2) is 29.2 Å². The van der Waals surface area contributed by atoms with E-state index in [4.69, 9.17) is 10.2 Å². The van der Waals surface area contributed by atoms with Gasteiger partial charge in [-0.25, -0.2) is 4.39 Å². The molecule has 1 unspecified atom stereocenters. The molecule has 0 saturated carbocycles. The zero-order valence-electron chi connectivity index (χ0n) is 10.3. The molecule has 0 aliphatic carbocycles. The zero-order chi connectivity index (χ0) is 13.4. The predicted octanol–water partition coefficient (Wildman–Crippen LogP) is 2.03. The summed E-state index contributed by atoms with van der Waals surface area (Å²) in [5.74, 6) is 6.66. The molecule has 2 N–H and O–H groups in total. The first-order valence-electron chi connectivity index (χ1n) is 5.73. The number of aliphatic hydroxyl groups is 2. The Morgan fingerprint density at radius 3 is 2.78 bits per heavy atom. The molecule has 1 aromatic rings. The van der Waals surface area contributed by atoms with E-state index >= 15 is 0 Å². The molecule has 0 amide bonds. The third kappa shape index (κ3) is 5.54. The van der Waals surface area contributed by atoms with Gasteiger partial charge in [0.05, 0.1) is 0 Å². The van der Waals surface area contributed by atoms with E-state index in [1.54, 1.807) is 11.8 Å². The van der Waals surface area contributed by atoms with Gasteiger partial charge in [0.1, 0.15) is 12.4 Å². The van der Waals surface area contributed by atoms with Gasteiger partial charge in [-0.2, -0.15) is 11.8 Å². The SMILES string of the molecule is CC(CO)CSCc1cc(F)cc(C#CCO)c1. The number of benzene rings is 1. The average Bonchev–Trinajstić information content (AvgIpc) is 2.35. The van der Waals surface area contributed by atoms with Crippen molar-refractivity contribution in [3.8, 4) is 11.8 Å². The highest BCUT2D eigenvalue weighted by atomic mass is 32.2. The number of hydrogen-bond acceptors (Lipinski definition) is 3. The van der Waals surface area contributed by atoms with E-state index in [0.717, 1.165) is 11.3 Å². The van der Waals surface area contributed by atoms with Crippen LogP contribution in [0, 0.1) is 23.6 Å². The Kier molecular flexibility index (Phi) is 6.81. The molecule has 1 atom stereocenters. The second kappa shape index (κ2) is 8.15. The minimum absolute atomic E-state index is 0.170. The molecule has 0 bridgehead atoms. The number of aliphatic hydroxyl groups excluding tert-OH is 2. The van der Waals surface area contributed by atoms with Gasteiger partial charge in [-0.1, -0.05) is 18.8 Å². The van der Waals surface area contributed by atoms with Gasteiger partial charge in [-0.15, -0.1) is 0 Å². The van der Waals surface area contributed by atoms with Gasteiger partial charge in [0.25, 0.3) is 0 Å². The Hall–Kier alpha value is -1.02. The monoisotopic (exact) mass is 268 g/mol. The van der Waals surface area contributed by atoms with Crippen molar-refractivity contribution in [2.24, 2.45) is 5.92 Å². The van der Waals surface area contributed by atoms with Crippen LogP contribution in [0.4, 0.5) is 4.39 Å². The topological polar surface area (TPSA) is 40.5 Å². The molecule has 0 aliphatic heterocycles. The van der Waals surface area contributed by atoms with Gasteiger partial charge in [-0.05, 0) is 35.4 Å². The molecule has 0 fully saturated rings. The summed E-state index contributed by atoms with van der Waals surface area (Å²) < 4.78 is 13.3. The van der Waals surface area contributed by atoms with E-state index in [2.05, 4.69) is 11.8 Å². The molecular formula is C14H17FO2S. The third-order valence-electron chi connectivity index (χ3n) is 2.25. The van der Waals surface area contributed by atoms with Crippen LogP contribution in [0.25, 0.3) is 0 Å². The Morgan fingerprint density at radius 2 is 2.11 bits per heavy atom. The van der Waals surface area contributed by atoms with Gasteiger partial charge < -0.3 is 10.2 Å². The van der Waals surface area contributed by atoms with Gasteiger partial charge in [0.15, 0.2) is 0 Å². The molecule has 0 radical (unpaired) electrons. The molecular weight excluding hydrogens is 251 g/mol. The second-order valence-electron chi connectivity index (χ2n) is 4.11. The largest absolute Gasteiger partial charge is 0.396 e. The van der Waals surface area contributed by atoms with E-state index in [1.807, 2.05) is 13.0 Å². The Bertz CT molecular complexity index is 437. The van der Waals surface area contributed by atoms with Crippen molar-refractivity contribution < 1.29 is 14.6 Å². The molecule has 0 spiro atoms. The van der Waals surface area contributed by atoms with Gasteiger partial charge in [-0.3, -0.25) is 0 Å². The van der Waals surface area contributed by atoms with Crippen LogP contribution >= 0.6 is 11.8 Å². The van der Waals surface area contributed by atoms with E-state index in [1.165, 1.54) is 12.1 Å². The van der Waals surface area contributed by atoms with Crippen LogP contribution in [0.1, 0.15) is 18.1 Å². The normalized spacial score (nSPS) is 11.8. The highest BCUT2D eigenvalue weighted by Gasteiger charge is 2.03. The predicted molar refractivity (Wildman–Crippen MR) is 72.8 cm³/mol. The van der Waals surface area contributed by atoms with Gasteiger partial charge in [0, 0.05) is 17.9 Å². The van der Waals surface area contributed by atoms with Gasteiger partial charge in [0.2, 0.25) is 0 Å². The molecule has 2 nitrogen and oxygen atoms in total. The maximum Gasteiger partial charge on any atom is 0.124 e. The lowest BCUT2D eigenvalue weighted by molar-refractivity contribution is 0.250. The van der Waals surface area contributed by atoms with Crippen molar-refractivity contribution in [2.75, 3.05) is 19.0 Å². The lowest BCUT2D eigenvalue weighted by Crippen LogP contribution is -2.03. The summed E-state index contributed by atoms with van der Waals surface area (Å²) in [6, 6.07) is 4.66. The average molecular weight is 268 g/mol. The lowest BCUT2D eigenvalue weighted by atomic mass is 10.1. The van der Waals surface area contributed by atoms with Crippen LogP contribution in [-0.2, 0) is 5.75 Å². The number of hydrogen-bond donors (Lipinski definition) is 2. The Labute approximate surface area is 111 Å². The summed E-state index contributed by atoms with van der Waals surface area (Å²) in [5, 5.41) is 17.5. The van der Waals surface area contributed by atoms with Crippen LogP contribution in [0.15, 0.2) is 18.2 Å². The fraction of sp³-hybridized carbons (Fsp3) is 0.429. The van der Waals surface area contributed by atoms with Gasteiger partial charge >= 0.3 is 0 Å². The standard InChI is InChI=1S/C14H17FO2S/c1-11(8-17)9-18-10-13-5-12(3-2-4-16)6-14(15)7-13/h5-7,11,16-17H,4,8-10H2,1H3. The van der Waals surface area contributed by atoms with Crippen molar-refractivity contribution in [1.29, 1.82) is 0 Å². The van der Waals surface area contributed by atoms with Crippen LogP contribution in [0.3, 0.4) is 0 Å². The first-order valence-corrected chi connectivity index (χ1v) is 6.89. The molecule has 1 aromatic carbocycles. The second-order valence-corrected chi connectivity index (χ2v) is 5.14. The van der Waals surface area contributed by atoms with Crippen molar-refractivity contribution in [3.63, 3.8) is 0 Å². The molecule has 0 aromatic heterocycles. The minimum atomic E-state index is -0.314. The molecule has 0 saturated heterocycles. The van der Waals surface area contributed by atoms with Crippen molar-refractivity contribution >= 4 is 11.8 Å². The number of rotatable bonds is 5. The molecule has 98 valence electrons.